The van der Waals surface area contributed by atoms with Crippen molar-refractivity contribution >= 4 is 10.0 Å². The van der Waals surface area contributed by atoms with Crippen molar-refractivity contribution in [3.63, 3.8) is 0 Å². The number of aromatic amines is 1. The molecule has 0 saturated heterocycles. The van der Waals surface area contributed by atoms with Gasteiger partial charge in [-0.2, -0.15) is 5.10 Å². The van der Waals surface area contributed by atoms with Gasteiger partial charge in [0.05, 0.1) is 11.9 Å². The van der Waals surface area contributed by atoms with Crippen molar-refractivity contribution in [3.05, 3.63) is 24.5 Å². The van der Waals surface area contributed by atoms with E-state index >= 15 is 0 Å². The van der Waals surface area contributed by atoms with Gasteiger partial charge in [0.15, 0.2) is 0 Å². The lowest BCUT2D eigenvalue weighted by Crippen LogP contribution is -2.32. The average molecular weight is 229 g/mol. The lowest BCUT2D eigenvalue weighted by Gasteiger charge is -2.11. The number of hydrogen-bond acceptors (Lipinski definition) is 3. The molecule has 1 unspecified atom stereocenters. The number of aryl methyl sites for hydroxylation is 1. The van der Waals surface area contributed by atoms with Gasteiger partial charge in [0.1, 0.15) is 4.90 Å². The summed E-state index contributed by atoms with van der Waals surface area (Å²) in [5.74, 6) is 0. The van der Waals surface area contributed by atoms with E-state index in [2.05, 4.69) is 21.5 Å². The zero-order chi connectivity index (χ0) is 11.5. The van der Waals surface area contributed by atoms with Gasteiger partial charge in [-0.3, -0.25) is 5.10 Å². The summed E-state index contributed by atoms with van der Waals surface area (Å²) in [5, 5.41) is 6.27. The molecule has 2 N–H and O–H groups in total. The van der Waals surface area contributed by atoms with Crippen LogP contribution >= 0.6 is 0 Å². The molecule has 0 aliphatic heterocycles. The van der Waals surface area contributed by atoms with E-state index in [-0.39, 0.29) is 10.9 Å². The maximum Gasteiger partial charge on any atom is 0.244 e. The topological polar surface area (TPSA) is 74.8 Å². The Bertz CT molecular complexity index is 436. The quantitative estimate of drug-likeness (QED) is 0.738. The van der Waals surface area contributed by atoms with E-state index in [9.17, 15) is 8.42 Å². The van der Waals surface area contributed by atoms with Crippen molar-refractivity contribution in [1.29, 1.82) is 0 Å². The van der Waals surface area contributed by atoms with E-state index in [0.29, 0.717) is 12.1 Å². The van der Waals surface area contributed by atoms with Gasteiger partial charge in [-0.15, -0.1) is 6.58 Å². The average Bonchev–Trinajstić information content (AvgIpc) is 2.51. The first-order valence-corrected chi connectivity index (χ1v) is 6.09. The molecule has 0 amide bonds. The van der Waals surface area contributed by atoms with Crippen LogP contribution in [0.2, 0.25) is 0 Å². The number of sulfonamides is 1. The third-order valence-corrected chi connectivity index (χ3v) is 3.65. The molecular formula is C9H15N3O2S. The smallest absolute Gasteiger partial charge is 0.244 e. The molecule has 0 aliphatic carbocycles. The highest BCUT2D eigenvalue weighted by molar-refractivity contribution is 7.89. The maximum absolute atomic E-state index is 11.8. The van der Waals surface area contributed by atoms with Gasteiger partial charge >= 0.3 is 0 Å². The van der Waals surface area contributed by atoms with Crippen LogP contribution in [-0.4, -0.2) is 24.7 Å². The predicted octanol–water partition coefficient (Wildman–Crippen LogP) is 0.961. The minimum absolute atomic E-state index is 0.165. The van der Waals surface area contributed by atoms with E-state index in [0.717, 1.165) is 0 Å². The summed E-state index contributed by atoms with van der Waals surface area (Å²) in [4.78, 5) is 0.193. The Morgan fingerprint density at radius 3 is 2.87 bits per heavy atom. The number of nitrogens with one attached hydrogen (secondary N) is 2. The molecule has 15 heavy (non-hydrogen) atoms. The first-order chi connectivity index (χ1) is 6.97. The molecule has 0 aliphatic rings. The molecule has 1 rings (SSSR count). The number of nitrogens with zero attached hydrogens (tertiary/aromatic N) is 1. The summed E-state index contributed by atoms with van der Waals surface area (Å²) in [7, 11) is -3.46. The van der Waals surface area contributed by atoms with Crippen molar-refractivity contribution in [3.8, 4) is 0 Å². The van der Waals surface area contributed by atoms with Gasteiger partial charge in [0.2, 0.25) is 10.0 Å². The van der Waals surface area contributed by atoms with Crippen LogP contribution in [0.15, 0.2) is 23.7 Å². The van der Waals surface area contributed by atoms with Crippen molar-refractivity contribution in [2.24, 2.45) is 0 Å². The van der Waals surface area contributed by atoms with Crippen LogP contribution in [0.1, 0.15) is 19.0 Å². The van der Waals surface area contributed by atoms with E-state index in [1.165, 1.54) is 6.20 Å². The molecule has 0 radical (unpaired) electrons. The molecule has 0 fully saturated rings. The summed E-state index contributed by atoms with van der Waals surface area (Å²) in [6, 6.07) is -0.165. The third-order valence-electron chi connectivity index (χ3n) is 1.95. The van der Waals surface area contributed by atoms with E-state index in [1.807, 2.05) is 0 Å². The van der Waals surface area contributed by atoms with Crippen LogP contribution in [0.5, 0.6) is 0 Å². The minimum Gasteiger partial charge on any atom is -0.281 e. The second-order valence-electron chi connectivity index (χ2n) is 3.41. The normalized spacial score (nSPS) is 13.7. The molecule has 6 heteroatoms. The second-order valence-corrected chi connectivity index (χ2v) is 5.09. The lowest BCUT2D eigenvalue weighted by atomic mass is 10.3. The molecule has 1 atom stereocenters. The Morgan fingerprint density at radius 2 is 2.40 bits per heavy atom. The number of H-pyrrole nitrogens is 1. The van der Waals surface area contributed by atoms with Gasteiger partial charge in [-0.05, 0) is 20.3 Å². The predicted molar refractivity (Wildman–Crippen MR) is 57.9 cm³/mol. The summed E-state index contributed by atoms with van der Waals surface area (Å²) in [6.07, 6.45) is 3.57. The monoisotopic (exact) mass is 229 g/mol. The Morgan fingerprint density at radius 1 is 1.73 bits per heavy atom. The van der Waals surface area contributed by atoms with Crippen LogP contribution in [0.4, 0.5) is 0 Å². The number of aromatic nitrogens is 2. The Balaban J connectivity index is 2.85. The van der Waals surface area contributed by atoms with Crippen LogP contribution < -0.4 is 4.72 Å². The zero-order valence-electron chi connectivity index (χ0n) is 8.82. The van der Waals surface area contributed by atoms with Gasteiger partial charge in [0, 0.05) is 6.04 Å². The van der Waals surface area contributed by atoms with E-state index in [1.54, 1.807) is 19.9 Å². The fourth-order valence-electron chi connectivity index (χ4n) is 1.24. The molecule has 84 valence electrons. The molecule has 1 aromatic heterocycles. The van der Waals surface area contributed by atoms with Crippen molar-refractivity contribution in [2.45, 2.75) is 31.2 Å². The highest BCUT2D eigenvalue weighted by atomic mass is 32.2. The zero-order valence-corrected chi connectivity index (χ0v) is 9.63. The molecule has 0 spiro atoms. The van der Waals surface area contributed by atoms with Crippen molar-refractivity contribution < 1.29 is 8.42 Å². The van der Waals surface area contributed by atoms with E-state index < -0.39 is 10.0 Å². The molecule has 0 bridgehead atoms. The van der Waals surface area contributed by atoms with Crippen molar-refractivity contribution in [1.82, 2.24) is 14.9 Å². The Labute approximate surface area is 89.6 Å². The lowest BCUT2D eigenvalue weighted by molar-refractivity contribution is 0.561. The molecular weight excluding hydrogens is 214 g/mol. The van der Waals surface area contributed by atoms with Crippen molar-refractivity contribution in [2.75, 3.05) is 0 Å². The first-order valence-electron chi connectivity index (χ1n) is 4.60. The van der Waals surface area contributed by atoms with Crippen LogP contribution in [0, 0.1) is 6.92 Å². The fourth-order valence-corrected chi connectivity index (χ4v) is 2.63. The fraction of sp³-hybridized carbons (Fsp3) is 0.444. The number of hydrogen-bond donors (Lipinski definition) is 2. The van der Waals surface area contributed by atoms with E-state index in [4.69, 9.17) is 0 Å². The molecule has 5 nitrogen and oxygen atoms in total. The highest BCUT2D eigenvalue weighted by Gasteiger charge is 2.20. The van der Waals surface area contributed by atoms with Gasteiger partial charge < -0.3 is 0 Å². The third kappa shape index (κ3) is 2.90. The summed E-state index contributed by atoms with van der Waals surface area (Å²) >= 11 is 0. The highest BCUT2D eigenvalue weighted by Crippen LogP contribution is 2.11. The standard InChI is InChI=1S/C9H15N3O2S/c1-4-5-7(2)12-15(13,14)9-6-10-11-8(9)3/h4,6-7,12H,1,5H2,2-3H3,(H,10,11). The largest absolute Gasteiger partial charge is 0.281 e. The second kappa shape index (κ2) is 4.59. The maximum atomic E-state index is 11.8. The van der Waals surface area contributed by atoms with Crippen LogP contribution in [0.25, 0.3) is 0 Å². The summed E-state index contributed by atoms with van der Waals surface area (Å²) in [6.45, 7) is 7.01. The summed E-state index contributed by atoms with van der Waals surface area (Å²) < 4.78 is 26.1. The molecule has 0 aromatic carbocycles. The summed E-state index contributed by atoms with van der Waals surface area (Å²) in [5.41, 5.74) is 0.535. The Hall–Kier alpha value is -1.14. The molecule has 0 saturated carbocycles. The first kappa shape index (κ1) is 11.9. The number of rotatable bonds is 5. The molecule has 1 heterocycles. The minimum atomic E-state index is -3.46. The van der Waals surface area contributed by atoms with Crippen LogP contribution in [0.3, 0.4) is 0 Å². The van der Waals surface area contributed by atoms with Gasteiger partial charge in [-0.25, -0.2) is 13.1 Å². The Kier molecular flexibility index (Phi) is 3.65. The van der Waals surface area contributed by atoms with Gasteiger partial charge in [0.25, 0.3) is 0 Å². The van der Waals surface area contributed by atoms with Crippen LogP contribution in [-0.2, 0) is 10.0 Å². The molecule has 1 aromatic rings. The van der Waals surface area contributed by atoms with Gasteiger partial charge in [-0.1, -0.05) is 6.08 Å². The SMILES string of the molecule is C=CCC(C)NS(=O)(=O)c1cn[nH]c1C.